The van der Waals surface area contributed by atoms with Gasteiger partial charge in [-0.15, -0.1) is 0 Å². The highest BCUT2D eigenvalue weighted by Crippen LogP contribution is 2.37. The molecule has 0 fully saturated rings. The Morgan fingerprint density at radius 1 is 1.48 bits per heavy atom. The Labute approximate surface area is 150 Å². The number of rotatable bonds is 5. The standard InChI is InChI=1S/C15H12Cl2F4N2O2/c1-6(16)3-8-12(11(18)4-10(17)13(8)24)23-14(25)7(2)9(5-22)15(19,20)21/h4-5,22,24H,1,3H2,2H3,(H,23,25)/b9-7+,22-5?. The van der Waals surface area contributed by atoms with Crippen LogP contribution in [-0.4, -0.2) is 23.4 Å². The number of carbonyl (C=O) groups is 1. The number of phenolic OH excluding ortho intramolecular Hbond substituents is 1. The summed E-state index contributed by atoms with van der Waals surface area (Å²) >= 11 is 11.3. The average molecular weight is 399 g/mol. The first-order chi connectivity index (χ1) is 11.4. The number of hydrogen-bond acceptors (Lipinski definition) is 3. The third kappa shape index (κ3) is 4.96. The Bertz CT molecular complexity index is 774. The summed E-state index contributed by atoms with van der Waals surface area (Å²) in [7, 11) is 0. The summed E-state index contributed by atoms with van der Waals surface area (Å²) in [6, 6.07) is 0.688. The molecule has 25 heavy (non-hydrogen) atoms. The van der Waals surface area contributed by atoms with E-state index >= 15 is 0 Å². The second-order valence-corrected chi connectivity index (χ2v) is 5.81. The van der Waals surface area contributed by atoms with Gasteiger partial charge in [-0.1, -0.05) is 29.8 Å². The summed E-state index contributed by atoms with van der Waals surface area (Å²) in [4.78, 5) is 12.0. The number of allylic oxidation sites excluding steroid dienone is 2. The lowest BCUT2D eigenvalue weighted by Gasteiger charge is -2.16. The molecular weight excluding hydrogens is 387 g/mol. The molecule has 0 aliphatic rings. The minimum atomic E-state index is -4.93. The molecule has 0 aromatic heterocycles. The molecule has 1 aromatic rings. The van der Waals surface area contributed by atoms with E-state index in [-0.39, 0.29) is 28.3 Å². The number of hydrogen-bond donors (Lipinski definition) is 3. The van der Waals surface area contributed by atoms with Gasteiger partial charge < -0.3 is 15.8 Å². The summed E-state index contributed by atoms with van der Waals surface area (Å²) in [6.07, 6.45) is -5.25. The first-order valence-corrected chi connectivity index (χ1v) is 7.28. The van der Waals surface area contributed by atoms with E-state index in [0.29, 0.717) is 6.07 Å². The van der Waals surface area contributed by atoms with E-state index in [1.807, 2.05) is 5.32 Å². The first kappa shape index (κ1) is 21.0. The molecule has 0 aliphatic carbocycles. The fraction of sp³-hybridized carbons (Fsp3) is 0.200. The van der Waals surface area contributed by atoms with E-state index in [0.717, 1.165) is 6.92 Å². The van der Waals surface area contributed by atoms with Gasteiger partial charge in [0.05, 0.1) is 16.3 Å². The highest BCUT2D eigenvalue weighted by molar-refractivity contribution is 6.32. The molecule has 0 saturated carbocycles. The molecular formula is C15H12Cl2F4N2O2. The number of aromatic hydroxyl groups is 1. The zero-order chi connectivity index (χ0) is 19.5. The number of nitrogens with one attached hydrogen (secondary N) is 2. The van der Waals surface area contributed by atoms with Crippen LogP contribution < -0.4 is 5.32 Å². The maximum absolute atomic E-state index is 14.1. The zero-order valence-electron chi connectivity index (χ0n) is 12.7. The lowest BCUT2D eigenvalue weighted by molar-refractivity contribution is -0.114. The minimum absolute atomic E-state index is 0.0217. The lowest BCUT2D eigenvalue weighted by atomic mass is 10.1. The van der Waals surface area contributed by atoms with Gasteiger partial charge in [0.25, 0.3) is 5.91 Å². The van der Waals surface area contributed by atoms with Crippen molar-refractivity contribution >= 4 is 41.0 Å². The predicted molar refractivity (Wildman–Crippen MR) is 87.9 cm³/mol. The van der Waals surface area contributed by atoms with Crippen molar-refractivity contribution in [1.29, 1.82) is 5.41 Å². The Kier molecular flexibility index (Phi) is 6.61. The van der Waals surface area contributed by atoms with Crippen molar-refractivity contribution < 1.29 is 27.5 Å². The van der Waals surface area contributed by atoms with Crippen LogP contribution in [0.4, 0.5) is 23.2 Å². The van der Waals surface area contributed by atoms with Crippen molar-refractivity contribution in [2.75, 3.05) is 5.32 Å². The van der Waals surface area contributed by atoms with Gasteiger partial charge >= 0.3 is 6.18 Å². The van der Waals surface area contributed by atoms with Crippen molar-refractivity contribution in [2.45, 2.75) is 19.5 Å². The van der Waals surface area contributed by atoms with Gasteiger partial charge in [-0.3, -0.25) is 4.79 Å². The molecule has 10 heteroatoms. The van der Waals surface area contributed by atoms with Crippen LogP contribution in [0.5, 0.6) is 5.75 Å². The predicted octanol–water partition coefficient (Wildman–Crippen LogP) is 4.95. The number of anilines is 1. The van der Waals surface area contributed by atoms with Crippen molar-refractivity contribution in [3.05, 3.63) is 45.2 Å². The maximum Gasteiger partial charge on any atom is 0.418 e. The molecule has 0 heterocycles. The smallest absolute Gasteiger partial charge is 0.418 e. The molecule has 0 bridgehead atoms. The van der Waals surface area contributed by atoms with E-state index < -0.39 is 40.5 Å². The van der Waals surface area contributed by atoms with Crippen LogP contribution in [0.1, 0.15) is 12.5 Å². The van der Waals surface area contributed by atoms with E-state index in [1.165, 1.54) is 0 Å². The third-order valence-corrected chi connectivity index (χ3v) is 3.53. The Hall–Kier alpha value is -2.06. The van der Waals surface area contributed by atoms with Gasteiger partial charge in [-0.05, 0) is 13.0 Å². The molecule has 0 atom stereocenters. The van der Waals surface area contributed by atoms with Crippen LogP contribution in [0, 0.1) is 11.2 Å². The van der Waals surface area contributed by atoms with Gasteiger partial charge in [-0.2, -0.15) is 13.2 Å². The SMILES string of the molecule is C=C(Cl)Cc1c(O)c(Cl)cc(F)c1NC(=O)/C(C)=C(\C=N)C(F)(F)F. The molecule has 4 nitrogen and oxygen atoms in total. The normalized spacial score (nSPS) is 12.4. The molecule has 1 rings (SSSR count). The summed E-state index contributed by atoms with van der Waals surface area (Å²) in [6.45, 7) is 4.20. The van der Waals surface area contributed by atoms with Crippen LogP contribution in [0.3, 0.4) is 0 Å². The van der Waals surface area contributed by atoms with Gasteiger partial charge in [-0.25, -0.2) is 4.39 Å². The first-order valence-electron chi connectivity index (χ1n) is 6.53. The Balaban J connectivity index is 3.42. The number of carbonyl (C=O) groups excluding carboxylic acids is 1. The minimum Gasteiger partial charge on any atom is -0.506 e. The molecule has 0 saturated heterocycles. The molecule has 1 aromatic carbocycles. The average Bonchev–Trinajstić information content (AvgIpc) is 2.46. The van der Waals surface area contributed by atoms with Crippen LogP contribution >= 0.6 is 23.2 Å². The summed E-state index contributed by atoms with van der Waals surface area (Å²) in [5, 5.41) is 18.3. The summed E-state index contributed by atoms with van der Waals surface area (Å²) in [5.41, 5.74) is -3.17. The summed E-state index contributed by atoms with van der Waals surface area (Å²) < 4.78 is 52.4. The maximum atomic E-state index is 14.1. The monoisotopic (exact) mass is 398 g/mol. The Morgan fingerprint density at radius 2 is 2.04 bits per heavy atom. The van der Waals surface area contributed by atoms with Crippen LogP contribution in [0.15, 0.2) is 28.8 Å². The summed E-state index contributed by atoms with van der Waals surface area (Å²) in [5.74, 6) is -2.98. The van der Waals surface area contributed by atoms with Gasteiger partial charge in [0.2, 0.25) is 0 Å². The van der Waals surface area contributed by atoms with Gasteiger partial charge in [0, 0.05) is 28.8 Å². The molecule has 136 valence electrons. The molecule has 1 amide bonds. The number of halogens is 6. The molecule has 3 N–H and O–H groups in total. The van der Waals surface area contributed by atoms with Crippen LogP contribution in [0.2, 0.25) is 5.02 Å². The number of alkyl halides is 3. The quantitative estimate of drug-likeness (QED) is 0.373. The van der Waals surface area contributed by atoms with Crippen molar-refractivity contribution in [3.8, 4) is 5.75 Å². The lowest BCUT2D eigenvalue weighted by Crippen LogP contribution is -2.22. The largest absolute Gasteiger partial charge is 0.506 e. The van der Waals surface area contributed by atoms with Crippen molar-refractivity contribution in [3.63, 3.8) is 0 Å². The van der Waals surface area contributed by atoms with Gasteiger partial charge in [0.1, 0.15) is 11.6 Å². The second kappa shape index (κ2) is 7.88. The topological polar surface area (TPSA) is 73.2 Å². The molecule has 0 radical (unpaired) electrons. The molecule has 0 spiro atoms. The highest BCUT2D eigenvalue weighted by atomic mass is 35.5. The highest BCUT2D eigenvalue weighted by Gasteiger charge is 2.35. The third-order valence-electron chi connectivity index (χ3n) is 3.11. The number of amides is 1. The fourth-order valence-electron chi connectivity index (χ4n) is 1.89. The Morgan fingerprint density at radius 3 is 2.48 bits per heavy atom. The van der Waals surface area contributed by atoms with Crippen molar-refractivity contribution in [1.82, 2.24) is 0 Å². The van der Waals surface area contributed by atoms with Crippen molar-refractivity contribution in [2.24, 2.45) is 0 Å². The van der Waals surface area contributed by atoms with E-state index in [4.69, 9.17) is 28.6 Å². The zero-order valence-corrected chi connectivity index (χ0v) is 14.2. The molecule has 0 unspecified atom stereocenters. The number of benzene rings is 1. The van der Waals surface area contributed by atoms with E-state index in [1.54, 1.807) is 0 Å². The van der Waals surface area contributed by atoms with Crippen LogP contribution in [-0.2, 0) is 11.2 Å². The van der Waals surface area contributed by atoms with Gasteiger partial charge in [0.15, 0.2) is 0 Å². The number of phenols is 1. The van der Waals surface area contributed by atoms with Crippen LogP contribution in [0.25, 0.3) is 0 Å². The van der Waals surface area contributed by atoms with E-state index in [2.05, 4.69) is 6.58 Å². The second-order valence-electron chi connectivity index (χ2n) is 4.87. The fourth-order valence-corrected chi connectivity index (χ4v) is 2.23. The van der Waals surface area contributed by atoms with E-state index in [9.17, 15) is 27.5 Å². The molecule has 0 aliphatic heterocycles.